The van der Waals surface area contributed by atoms with Gasteiger partial charge in [-0.25, -0.2) is 9.59 Å². The van der Waals surface area contributed by atoms with Crippen molar-refractivity contribution >= 4 is 23.0 Å². The minimum Gasteiger partial charge on any atom is -0.488 e. The molecule has 7 heteroatoms. The van der Waals surface area contributed by atoms with Crippen molar-refractivity contribution in [3.8, 4) is 5.75 Å². The van der Waals surface area contributed by atoms with Gasteiger partial charge in [-0.05, 0) is 45.0 Å². The van der Waals surface area contributed by atoms with E-state index in [2.05, 4.69) is 4.98 Å². The van der Waals surface area contributed by atoms with Gasteiger partial charge in [-0.1, -0.05) is 6.07 Å². The quantitative estimate of drug-likeness (QED) is 0.907. The Morgan fingerprint density at radius 2 is 2.04 bits per heavy atom. The molecule has 1 aliphatic heterocycles. The zero-order chi connectivity index (χ0) is 18.9. The number of aliphatic carboxylic acids is 1. The van der Waals surface area contributed by atoms with Crippen molar-refractivity contribution in [3.63, 3.8) is 0 Å². The van der Waals surface area contributed by atoms with E-state index < -0.39 is 29.8 Å². The van der Waals surface area contributed by atoms with Gasteiger partial charge in [0.05, 0.1) is 12.1 Å². The molecule has 1 aliphatic rings. The van der Waals surface area contributed by atoms with Crippen LogP contribution in [0.15, 0.2) is 36.5 Å². The number of ether oxygens (including phenoxy) is 2. The van der Waals surface area contributed by atoms with E-state index in [1.165, 1.54) is 4.90 Å². The molecule has 7 nitrogen and oxygen atoms in total. The summed E-state index contributed by atoms with van der Waals surface area (Å²) in [5, 5.41) is 10.4. The number of nitrogens with zero attached hydrogens (tertiary/aromatic N) is 2. The van der Waals surface area contributed by atoms with Crippen LogP contribution in [0.3, 0.4) is 0 Å². The van der Waals surface area contributed by atoms with Crippen LogP contribution in [0, 0.1) is 0 Å². The van der Waals surface area contributed by atoms with Gasteiger partial charge in [-0.3, -0.25) is 9.88 Å². The van der Waals surface area contributed by atoms with Crippen LogP contribution in [0.2, 0.25) is 0 Å². The summed E-state index contributed by atoms with van der Waals surface area (Å²) < 4.78 is 11.3. The van der Waals surface area contributed by atoms with Gasteiger partial charge in [-0.2, -0.15) is 0 Å². The van der Waals surface area contributed by atoms with Gasteiger partial charge in [0.15, 0.2) is 0 Å². The van der Waals surface area contributed by atoms with Gasteiger partial charge in [0.25, 0.3) is 0 Å². The van der Waals surface area contributed by atoms with Crippen LogP contribution in [-0.2, 0) is 9.53 Å². The Hall–Kier alpha value is -2.83. The monoisotopic (exact) mass is 358 g/mol. The number of hydrogen-bond donors (Lipinski definition) is 1. The molecule has 0 bridgehead atoms. The zero-order valence-corrected chi connectivity index (χ0v) is 15.0. The van der Waals surface area contributed by atoms with Crippen molar-refractivity contribution in [2.75, 3.05) is 6.54 Å². The van der Waals surface area contributed by atoms with Crippen LogP contribution in [0.4, 0.5) is 4.79 Å². The van der Waals surface area contributed by atoms with E-state index >= 15 is 0 Å². The number of amides is 1. The van der Waals surface area contributed by atoms with Crippen molar-refractivity contribution in [3.05, 3.63) is 36.5 Å². The van der Waals surface area contributed by atoms with Gasteiger partial charge in [0.2, 0.25) is 0 Å². The SMILES string of the molecule is CC(C)(C)OC(=O)N1C[C@H](Oc2ccc3ncccc3c2)C[C@H]1C(=O)O. The Morgan fingerprint density at radius 1 is 1.27 bits per heavy atom. The van der Waals surface area contributed by atoms with Crippen LogP contribution in [0.5, 0.6) is 5.75 Å². The third-order valence-electron chi connectivity index (χ3n) is 4.05. The molecule has 1 amide bonds. The van der Waals surface area contributed by atoms with E-state index in [4.69, 9.17) is 9.47 Å². The van der Waals surface area contributed by atoms with Crippen molar-refractivity contribution < 1.29 is 24.2 Å². The fourth-order valence-corrected chi connectivity index (χ4v) is 2.96. The number of benzene rings is 1. The first-order valence-electron chi connectivity index (χ1n) is 8.47. The second-order valence-corrected chi connectivity index (χ2v) is 7.32. The first kappa shape index (κ1) is 18.0. The molecule has 2 aromatic rings. The predicted molar refractivity (Wildman–Crippen MR) is 95.1 cm³/mol. The highest BCUT2D eigenvalue weighted by atomic mass is 16.6. The standard InChI is InChI=1S/C19H22N2O5/c1-19(2,3)26-18(24)21-11-14(10-16(21)17(22)23)25-13-6-7-15-12(9-13)5-4-8-20-15/h4-9,14,16H,10-11H2,1-3H3,(H,22,23)/t14-,16+/m1/s1. The molecular formula is C19H22N2O5. The third kappa shape index (κ3) is 4.04. The first-order chi connectivity index (χ1) is 12.2. The molecule has 1 aromatic heterocycles. The number of pyridine rings is 1. The lowest BCUT2D eigenvalue weighted by Crippen LogP contribution is -2.43. The highest BCUT2D eigenvalue weighted by molar-refractivity contribution is 5.81. The molecule has 138 valence electrons. The molecule has 2 heterocycles. The van der Waals surface area contributed by atoms with Crippen LogP contribution in [0.1, 0.15) is 27.2 Å². The van der Waals surface area contributed by atoms with E-state index in [1.807, 2.05) is 24.3 Å². The van der Waals surface area contributed by atoms with Gasteiger partial charge >= 0.3 is 12.1 Å². The van der Waals surface area contributed by atoms with Crippen LogP contribution in [0.25, 0.3) is 10.9 Å². The van der Waals surface area contributed by atoms with Crippen LogP contribution >= 0.6 is 0 Å². The predicted octanol–water partition coefficient (Wildman–Crippen LogP) is 3.08. The van der Waals surface area contributed by atoms with E-state index in [-0.39, 0.29) is 13.0 Å². The summed E-state index contributed by atoms with van der Waals surface area (Å²) in [5.41, 5.74) is 0.162. The Bertz CT molecular complexity index is 830. The second kappa shape index (κ2) is 6.82. The van der Waals surface area contributed by atoms with Gasteiger partial charge < -0.3 is 14.6 Å². The summed E-state index contributed by atoms with van der Waals surface area (Å²) in [4.78, 5) is 29.3. The largest absolute Gasteiger partial charge is 0.488 e. The molecule has 1 aromatic carbocycles. The summed E-state index contributed by atoms with van der Waals surface area (Å²) >= 11 is 0. The number of rotatable bonds is 3. The Morgan fingerprint density at radius 3 is 2.73 bits per heavy atom. The topological polar surface area (TPSA) is 89.0 Å². The zero-order valence-electron chi connectivity index (χ0n) is 15.0. The van der Waals surface area contributed by atoms with Gasteiger partial charge in [-0.15, -0.1) is 0 Å². The second-order valence-electron chi connectivity index (χ2n) is 7.32. The highest BCUT2D eigenvalue weighted by Crippen LogP contribution is 2.27. The van der Waals surface area contributed by atoms with Gasteiger partial charge in [0.1, 0.15) is 23.5 Å². The maximum Gasteiger partial charge on any atom is 0.411 e. The molecule has 2 atom stereocenters. The molecule has 1 N–H and O–H groups in total. The summed E-state index contributed by atoms with van der Waals surface area (Å²) in [5.74, 6) is -0.449. The minimum atomic E-state index is -1.07. The third-order valence-corrected chi connectivity index (χ3v) is 4.05. The molecule has 0 spiro atoms. The average Bonchev–Trinajstić information content (AvgIpc) is 2.97. The van der Waals surface area contributed by atoms with Crippen molar-refractivity contribution in [1.82, 2.24) is 9.88 Å². The van der Waals surface area contributed by atoms with Crippen LogP contribution < -0.4 is 4.74 Å². The summed E-state index contributed by atoms with van der Waals surface area (Å²) in [6.07, 6.45) is 0.867. The Kier molecular flexibility index (Phi) is 4.71. The molecule has 3 rings (SSSR count). The van der Waals surface area contributed by atoms with E-state index in [0.717, 1.165) is 10.9 Å². The molecular weight excluding hydrogens is 336 g/mol. The van der Waals surface area contributed by atoms with Crippen molar-refractivity contribution in [1.29, 1.82) is 0 Å². The van der Waals surface area contributed by atoms with Crippen molar-refractivity contribution in [2.24, 2.45) is 0 Å². The van der Waals surface area contributed by atoms with E-state index in [1.54, 1.807) is 33.0 Å². The molecule has 0 saturated carbocycles. The number of likely N-dealkylation sites (tertiary alicyclic amines) is 1. The number of carbonyl (C=O) groups is 2. The summed E-state index contributed by atoms with van der Waals surface area (Å²) in [6.45, 7) is 5.40. The highest BCUT2D eigenvalue weighted by Gasteiger charge is 2.42. The lowest BCUT2D eigenvalue weighted by atomic mass is 10.2. The fourth-order valence-electron chi connectivity index (χ4n) is 2.96. The maximum absolute atomic E-state index is 12.3. The number of aromatic nitrogens is 1. The number of carboxylic acid groups (broad SMARTS) is 1. The summed E-state index contributed by atoms with van der Waals surface area (Å²) in [6, 6.07) is 8.30. The van der Waals surface area contributed by atoms with Crippen LogP contribution in [-0.4, -0.2) is 51.3 Å². The lowest BCUT2D eigenvalue weighted by Gasteiger charge is -2.26. The smallest absolute Gasteiger partial charge is 0.411 e. The number of carboxylic acids is 1. The lowest BCUT2D eigenvalue weighted by molar-refractivity contribution is -0.142. The Balaban J connectivity index is 1.74. The number of fused-ring (bicyclic) bond motifs is 1. The Labute approximate surface area is 151 Å². The summed E-state index contributed by atoms with van der Waals surface area (Å²) in [7, 11) is 0. The average molecular weight is 358 g/mol. The fraction of sp³-hybridized carbons (Fsp3) is 0.421. The molecule has 1 fully saturated rings. The number of carbonyl (C=O) groups excluding carboxylic acids is 1. The molecule has 0 unspecified atom stereocenters. The normalized spacial score (nSPS) is 20.2. The minimum absolute atomic E-state index is 0.164. The number of hydrogen-bond acceptors (Lipinski definition) is 5. The molecule has 0 radical (unpaired) electrons. The van der Waals surface area contributed by atoms with E-state index in [0.29, 0.717) is 5.75 Å². The first-order valence-corrected chi connectivity index (χ1v) is 8.47. The molecule has 0 aliphatic carbocycles. The molecule has 26 heavy (non-hydrogen) atoms. The van der Waals surface area contributed by atoms with Gasteiger partial charge in [0, 0.05) is 18.0 Å². The van der Waals surface area contributed by atoms with Crippen molar-refractivity contribution in [2.45, 2.75) is 44.9 Å². The maximum atomic E-state index is 12.3. The molecule has 1 saturated heterocycles. The van der Waals surface area contributed by atoms with E-state index in [9.17, 15) is 14.7 Å².